The minimum absolute atomic E-state index is 0.00217. The van der Waals surface area contributed by atoms with Crippen molar-refractivity contribution in [3.63, 3.8) is 0 Å². The summed E-state index contributed by atoms with van der Waals surface area (Å²) in [5.41, 5.74) is 3.32. The standard InChI is InChI=1S/C46H73N5O10/c1-10-33-23-28(2)22-29(3)24-40(58-8)42-41(59-9)25-30(4)46(56,61-42)43(53)44(54)50-20-12-11-15-37(50)45(55)60-21-19-34(14-13-16-38(33)52)31(5)32(6)35-17-18-36(39(26-35)57-7)51-48-27-47-49-51/h23,27-30,34-37,39-42,56H,10-22,24-26H2,1-9H3. The first-order valence-electron chi connectivity index (χ1n) is 22.8. The van der Waals surface area contributed by atoms with E-state index in [0.29, 0.717) is 51.4 Å². The number of carbonyl (C=O) groups is 4. The van der Waals surface area contributed by atoms with Crippen molar-refractivity contribution in [3.8, 4) is 0 Å². The van der Waals surface area contributed by atoms with Crippen LogP contribution in [0.25, 0.3) is 0 Å². The van der Waals surface area contributed by atoms with Crippen molar-refractivity contribution >= 4 is 23.4 Å². The van der Waals surface area contributed by atoms with Gasteiger partial charge in [0.25, 0.3) is 11.7 Å². The third-order valence-corrected chi connectivity index (χ3v) is 14.3. The fraction of sp³-hybridized carbons (Fsp3) is 0.804. The summed E-state index contributed by atoms with van der Waals surface area (Å²) in [5.74, 6) is -5.18. The summed E-state index contributed by atoms with van der Waals surface area (Å²) in [6, 6.07) is -0.969. The number of Topliss-reactive ketones (excluding diaryl/α,β-unsaturated/α-hetero) is 2. The van der Waals surface area contributed by atoms with Crippen molar-refractivity contribution in [1.29, 1.82) is 0 Å². The van der Waals surface area contributed by atoms with Crippen molar-refractivity contribution in [1.82, 2.24) is 25.1 Å². The van der Waals surface area contributed by atoms with Gasteiger partial charge in [0.15, 0.2) is 12.1 Å². The van der Waals surface area contributed by atoms with E-state index >= 15 is 0 Å². The molecule has 0 radical (unpaired) electrons. The third kappa shape index (κ3) is 11.6. The van der Waals surface area contributed by atoms with Crippen molar-refractivity contribution < 1.29 is 48.0 Å². The largest absolute Gasteiger partial charge is 0.464 e. The fourth-order valence-electron chi connectivity index (χ4n) is 10.5. The third-order valence-electron chi connectivity index (χ3n) is 14.3. The summed E-state index contributed by atoms with van der Waals surface area (Å²) in [6.45, 7) is 12.5. The number of amides is 1. The normalized spacial score (nSPS) is 36.4. The summed E-state index contributed by atoms with van der Waals surface area (Å²) in [5, 5.41) is 24.3. The lowest BCUT2D eigenvalue weighted by molar-refractivity contribution is -0.302. The second-order valence-corrected chi connectivity index (χ2v) is 18.3. The molecule has 342 valence electrons. The van der Waals surface area contributed by atoms with Gasteiger partial charge in [-0.05, 0) is 132 Å². The lowest BCUT2D eigenvalue weighted by Gasteiger charge is -2.47. The van der Waals surface area contributed by atoms with Crippen LogP contribution in [0.2, 0.25) is 0 Å². The number of rotatable bonds is 7. The molecule has 2 saturated heterocycles. The number of ketones is 2. The summed E-state index contributed by atoms with van der Waals surface area (Å²) in [4.78, 5) is 58.9. The smallest absolute Gasteiger partial charge is 0.328 e. The van der Waals surface area contributed by atoms with Crippen LogP contribution in [0.1, 0.15) is 137 Å². The molecule has 4 aliphatic rings. The Morgan fingerprint density at radius 1 is 0.852 bits per heavy atom. The molecule has 15 heteroatoms. The molecule has 12 atom stereocenters. The Morgan fingerprint density at radius 2 is 1.56 bits per heavy atom. The molecule has 1 saturated carbocycles. The quantitative estimate of drug-likeness (QED) is 0.188. The average molecular weight is 856 g/mol. The van der Waals surface area contributed by atoms with Gasteiger partial charge in [-0.3, -0.25) is 14.4 Å². The van der Waals surface area contributed by atoms with Gasteiger partial charge < -0.3 is 33.7 Å². The van der Waals surface area contributed by atoms with Gasteiger partial charge in [0.1, 0.15) is 12.1 Å². The molecule has 1 aliphatic carbocycles. The van der Waals surface area contributed by atoms with Crippen LogP contribution >= 0.6 is 0 Å². The Kier molecular flexibility index (Phi) is 17.8. The maximum absolute atomic E-state index is 14.2. The molecule has 61 heavy (non-hydrogen) atoms. The zero-order chi connectivity index (χ0) is 44.4. The van der Waals surface area contributed by atoms with Gasteiger partial charge in [-0.15, -0.1) is 10.2 Å². The SMILES string of the molecule is CCC1=CC(C)CC(C)CC(OC)C2OC(O)(C(=O)C(=O)N3CCCCC3C(=O)OCCC(C(C)=C(C)C3CCC(n4ncnn4)C(OC)C3)CCCC1=O)C(C)CC2OC. The van der Waals surface area contributed by atoms with Crippen LogP contribution in [0.4, 0.5) is 0 Å². The first-order valence-corrected chi connectivity index (χ1v) is 22.8. The molecular formula is C46H73N5O10. The Morgan fingerprint density at radius 3 is 2.23 bits per heavy atom. The summed E-state index contributed by atoms with van der Waals surface area (Å²) in [6.07, 6.45) is 10.3. The number of esters is 1. The van der Waals surface area contributed by atoms with Crippen molar-refractivity contribution in [3.05, 3.63) is 29.1 Å². The zero-order valence-electron chi connectivity index (χ0n) is 38.2. The molecule has 12 unspecified atom stereocenters. The number of allylic oxidation sites excluding steroid dienone is 4. The van der Waals surface area contributed by atoms with Crippen LogP contribution in [-0.2, 0) is 42.9 Å². The van der Waals surface area contributed by atoms with Gasteiger partial charge in [-0.2, -0.15) is 4.80 Å². The number of fused-ring (bicyclic) bond motifs is 3. The van der Waals surface area contributed by atoms with Crippen molar-refractivity contribution in [2.45, 2.75) is 174 Å². The number of ether oxygens (including phenoxy) is 5. The number of cyclic esters (lactones) is 1. The summed E-state index contributed by atoms with van der Waals surface area (Å²) in [7, 11) is 4.84. The number of methoxy groups -OCH3 is 3. The second-order valence-electron chi connectivity index (χ2n) is 18.3. The van der Waals surface area contributed by atoms with E-state index in [-0.39, 0.29) is 61.2 Å². The number of carbonyl (C=O) groups excluding carboxylic acids is 4. The van der Waals surface area contributed by atoms with Gasteiger partial charge in [0.2, 0.25) is 5.79 Å². The van der Waals surface area contributed by atoms with Crippen LogP contribution < -0.4 is 0 Å². The van der Waals surface area contributed by atoms with Crippen molar-refractivity contribution in [2.75, 3.05) is 34.5 Å². The predicted octanol–water partition coefficient (Wildman–Crippen LogP) is 6.15. The van der Waals surface area contributed by atoms with E-state index < -0.39 is 53.7 Å². The van der Waals surface area contributed by atoms with Gasteiger partial charge in [-0.25, -0.2) is 4.79 Å². The summed E-state index contributed by atoms with van der Waals surface area (Å²) >= 11 is 0. The molecular weight excluding hydrogens is 783 g/mol. The van der Waals surface area contributed by atoms with E-state index in [2.05, 4.69) is 49.2 Å². The van der Waals surface area contributed by atoms with Crippen LogP contribution in [0.3, 0.4) is 0 Å². The first kappa shape index (κ1) is 48.7. The number of aromatic nitrogens is 4. The highest BCUT2D eigenvalue weighted by molar-refractivity contribution is 6.39. The molecule has 1 N–H and O–H groups in total. The molecule has 2 bridgehead atoms. The molecule has 5 rings (SSSR count). The lowest BCUT2D eigenvalue weighted by Crippen LogP contribution is -2.64. The maximum Gasteiger partial charge on any atom is 0.328 e. The fourth-order valence-corrected chi connectivity index (χ4v) is 10.5. The average Bonchev–Trinajstić information content (AvgIpc) is 3.81. The molecule has 1 amide bonds. The van der Waals surface area contributed by atoms with Gasteiger partial charge in [0, 0.05) is 40.2 Å². The highest BCUT2D eigenvalue weighted by atomic mass is 16.7. The minimum atomic E-state index is -2.45. The Labute approximate surface area is 362 Å². The van der Waals surface area contributed by atoms with Gasteiger partial charge in [0.05, 0.1) is 31.0 Å². The molecule has 0 spiro atoms. The molecule has 1 aromatic heterocycles. The summed E-state index contributed by atoms with van der Waals surface area (Å²) < 4.78 is 30.0. The lowest BCUT2D eigenvalue weighted by atomic mass is 9.76. The molecule has 0 aromatic carbocycles. The number of hydrogen-bond donors (Lipinski definition) is 1. The number of tetrazole rings is 1. The highest BCUT2D eigenvalue weighted by Gasteiger charge is 2.56. The van der Waals surface area contributed by atoms with Crippen LogP contribution in [0.15, 0.2) is 29.1 Å². The van der Waals surface area contributed by atoms with Gasteiger partial charge in [-0.1, -0.05) is 44.9 Å². The second kappa shape index (κ2) is 22.3. The Balaban J connectivity index is 1.42. The van der Waals surface area contributed by atoms with Crippen LogP contribution in [0.5, 0.6) is 0 Å². The van der Waals surface area contributed by atoms with E-state index in [1.165, 1.54) is 22.4 Å². The Bertz CT molecular complexity index is 1700. The minimum Gasteiger partial charge on any atom is -0.464 e. The molecule has 3 fully saturated rings. The molecule has 4 heterocycles. The maximum atomic E-state index is 14.2. The van der Waals surface area contributed by atoms with Crippen LogP contribution in [-0.4, -0.2) is 124 Å². The van der Waals surface area contributed by atoms with Crippen molar-refractivity contribution in [2.24, 2.45) is 29.6 Å². The highest BCUT2D eigenvalue weighted by Crippen LogP contribution is 2.41. The number of aliphatic hydroxyl groups is 1. The predicted molar refractivity (Wildman–Crippen MR) is 227 cm³/mol. The van der Waals surface area contributed by atoms with E-state index in [0.717, 1.165) is 37.7 Å². The van der Waals surface area contributed by atoms with E-state index in [1.807, 2.05) is 6.92 Å². The monoisotopic (exact) mass is 856 g/mol. The topological polar surface area (TPSA) is 181 Å². The van der Waals surface area contributed by atoms with E-state index in [1.54, 1.807) is 33.0 Å². The molecule has 3 aliphatic heterocycles. The molecule has 15 nitrogen and oxygen atoms in total. The van der Waals surface area contributed by atoms with Gasteiger partial charge >= 0.3 is 5.97 Å². The zero-order valence-corrected chi connectivity index (χ0v) is 38.2. The van der Waals surface area contributed by atoms with Crippen LogP contribution in [0, 0.1) is 29.6 Å². The Hall–Kier alpha value is -3.37. The number of nitrogens with zero attached hydrogens (tertiary/aromatic N) is 5. The number of hydrogen-bond acceptors (Lipinski definition) is 13. The van der Waals surface area contributed by atoms with E-state index in [9.17, 15) is 24.3 Å². The first-order chi connectivity index (χ1) is 29.2. The molecule has 1 aromatic rings. The van der Waals surface area contributed by atoms with E-state index in [4.69, 9.17) is 23.7 Å². The number of piperidine rings is 1.